The molecule has 7 heteroatoms. The molecule has 2 aromatic rings. The number of hydrogen-bond donors (Lipinski definition) is 1. The van der Waals surface area contributed by atoms with Crippen molar-refractivity contribution in [1.82, 2.24) is 15.5 Å². The lowest BCUT2D eigenvalue weighted by Crippen LogP contribution is -2.38. The Morgan fingerprint density at radius 3 is 2.95 bits per heavy atom. The van der Waals surface area contributed by atoms with Gasteiger partial charge in [-0.3, -0.25) is 10.1 Å². The molecule has 0 aliphatic rings. The smallest absolute Gasteiger partial charge is 0.322 e. The van der Waals surface area contributed by atoms with E-state index in [0.29, 0.717) is 30.6 Å². The number of esters is 1. The Hall–Kier alpha value is -1.73. The third-order valence-electron chi connectivity index (χ3n) is 2.94. The van der Waals surface area contributed by atoms with Gasteiger partial charge in [0.1, 0.15) is 6.04 Å². The van der Waals surface area contributed by atoms with Gasteiger partial charge in [0, 0.05) is 10.9 Å². The first kappa shape index (κ1) is 15.7. The zero-order chi connectivity index (χ0) is 15.2. The molecule has 0 saturated carbocycles. The standard InChI is InChI=1S/C14H19N3O3S/c1-9(2)6-11(14(18)19-3)15-7-12-16-13(17-20-12)10-4-5-21-8-10/h4-5,8-9,11,15H,6-7H2,1-3H3. The van der Waals surface area contributed by atoms with Gasteiger partial charge >= 0.3 is 5.97 Å². The second kappa shape index (κ2) is 7.33. The molecule has 0 spiro atoms. The molecule has 0 radical (unpaired) electrons. The van der Waals surface area contributed by atoms with Crippen LogP contribution in [-0.2, 0) is 16.1 Å². The maximum absolute atomic E-state index is 11.7. The van der Waals surface area contributed by atoms with Crippen LogP contribution in [0, 0.1) is 5.92 Å². The highest BCUT2D eigenvalue weighted by Gasteiger charge is 2.21. The van der Waals surface area contributed by atoms with Crippen molar-refractivity contribution < 1.29 is 14.1 Å². The van der Waals surface area contributed by atoms with Gasteiger partial charge in [0.25, 0.3) is 0 Å². The van der Waals surface area contributed by atoms with E-state index in [0.717, 1.165) is 5.56 Å². The second-order valence-corrected chi connectivity index (χ2v) is 5.89. The summed E-state index contributed by atoms with van der Waals surface area (Å²) in [6.45, 7) is 4.45. The Morgan fingerprint density at radius 1 is 1.52 bits per heavy atom. The van der Waals surface area contributed by atoms with Crippen LogP contribution >= 0.6 is 11.3 Å². The lowest BCUT2D eigenvalue weighted by atomic mass is 10.0. The molecule has 6 nitrogen and oxygen atoms in total. The van der Waals surface area contributed by atoms with Crippen molar-refractivity contribution in [3.8, 4) is 11.4 Å². The minimum atomic E-state index is -0.369. The number of carbonyl (C=O) groups excluding carboxylic acids is 1. The number of nitrogens with zero attached hydrogens (tertiary/aromatic N) is 2. The van der Waals surface area contributed by atoms with Crippen molar-refractivity contribution >= 4 is 17.3 Å². The number of hydrogen-bond acceptors (Lipinski definition) is 7. The summed E-state index contributed by atoms with van der Waals surface area (Å²) in [5.74, 6) is 1.12. The first-order valence-electron chi connectivity index (χ1n) is 6.76. The number of rotatable bonds is 7. The molecule has 21 heavy (non-hydrogen) atoms. The van der Waals surface area contributed by atoms with Crippen LogP contribution in [0.25, 0.3) is 11.4 Å². The number of carbonyl (C=O) groups is 1. The third kappa shape index (κ3) is 4.37. The average molecular weight is 309 g/mol. The van der Waals surface area contributed by atoms with Crippen LogP contribution in [-0.4, -0.2) is 29.3 Å². The van der Waals surface area contributed by atoms with E-state index in [1.165, 1.54) is 7.11 Å². The van der Waals surface area contributed by atoms with E-state index in [4.69, 9.17) is 9.26 Å². The Morgan fingerprint density at radius 2 is 2.33 bits per heavy atom. The van der Waals surface area contributed by atoms with E-state index in [2.05, 4.69) is 29.3 Å². The molecule has 0 saturated heterocycles. The molecular weight excluding hydrogens is 290 g/mol. The minimum absolute atomic E-state index is 0.277. The first-order valence-corrected chi connectivity index (χ1v) is 7.70. The molecule has 2 rings (SSSR count). The van der Waals surface area contributed by atoms with Crippen LogP contribution in [0.4, 0.5) is 0 Å². The SMILES string of the molecule is COC(=O)C(CC(C)C)NCc1nc(-c2ccsc2)no1. The van der Waals surface area contributed by atoms with Gasteiger partial charge in [0.2, 0.25) is 11.7 Å². The normalized spacial score (nSPS) is 12.6. The van der Waals surface area contributed by atoms with Crippen LogP contribution in [0.5, 0.6) is 0 Å². The highest BCUT2D eigenvalue weighted by molar-refractivity contribution is 7.08. The van der Waals surface area contributed by atoms with E-state index in [-0.39, 0.29) is 12.0 Å². The maximum atomic E-state index is 11.7. The zero-order valence-electron chi connectivity index (χ0n) is 12.3. The zero-order valence-corrected chi connectivity index (χ0v) is 13.1. The summed E-state index contributed by atoms with van der Waals surface area (Å²) in [6.07, 6.45) is 0.693. The van der Waals surface area contributed by atoms with Crippen molar-refractivity contribution in [1.29, 1.82) is 0 Å². The lowest BCUT2D eigenvalue weighted by molar-refractivity contribution is -0.143. The second-order valence-electron chi connectivity index (χ2n) is 5.11. The first-order chi connectivity index (χ1) is 10.1. The predicted octanol–water partition coefficient (Wildman–Crippen LogP) is 2.48. The topological polar surface area (TPSA) is 77.2 Å². The Kier molecular flexibility index (Phi) is 5.46. The largest absolute Gasteiger partial charge is 0.468 e. The van der Waals surface area contributed by atoms with Gasteiger partial charge in [0.15, 0.2) is 0 Å². The molecule has 114 valence electrons. The average Bonchev–Trinajstić information content (AvgIpc) is 3.12. The molecule has 0 aromatic carbocycles. The predicted molar refractivity (Wildman–Crippen MR) is 79.7 cm³/mol. The molecule has 1 N–H and O–H groups in total. The molecule has 0 amide bonds. The molecule has 0 fully saturated rings. The number of methoxy groups -OCH3 is 1. The van der Waals surface area contributed by atoms with Crippen molar-refractivity contribution in [2.75, 3.05) is 7.11 Å². The molecule has 0 aliphatic heterocycles. The van der Waals surface area contributed by atoms with Gasteiger partial charge in [-0.05, 0) is 23.8 Å². The van der Waals surface area contributed by atoms with E-state index in [9.17, 15) is 4.79 Å². The fourth-order valence-corrected chi connectivity index (χ4v) is 2.56. The summed E-state index contributed by atoms with van der Waals surface area (Å²) >= 11 is 1.58. The van der Waals surface area contributed by atoms with Crippen molar-refractivity contribution in [3.05, 3.63) is 22.7 Å². The summed E-state index contributed by atoms with van der Waals surface area (Å²) in [5.41, 5.74) is 0.932. The van der Waals surface area contributed by atoms with Gasteiger partial charge in [-0.2, -0.15) is 16.3 Å². The van der Waals surface area contributed by atoms with Gasteiger partial charge in [-0.25, -0.2) is 0 Å². The summed E-state index contributed by atoms with van der Waals surface area (Å²) in [5, 5.41) is 10.9. The maximum Gasteiger partial charge on any atom is 0.322 e. The van der Waals surface area contributed by atoms with E-state index in [1.807, 2.05) is 16.8 Å². The van der Waals surface area contributed by atoms with Crippen molar-refractivity contribution in [3.63, 3.8) is 0 Å². The van der Waals surface area contributed by atoms with Crippen LogP contribution in [0.3, 0.4) is 0 Å². The summed E-state index contributed by atoms with van der Waals surface area (Å²) in [7, 11) is 1.39. The fraction of sp³-hybridized carbons (Fsp3) is 0.500. The number of ether oxygens (including phenoxy) is 1. The summed E-state index contributed by atoms with van der Waals surface area (Å²) in [4.78, 5) is 16.0. The molecular formula is C14H19N3O3S. The highest BCUT2D eigenvalue weighted by atomic mass is 32.1. The van der Waals surface area contributed by atoms with Gasteiger partial charge in [-0.1, -0.05) is 19.0 Å². The van der Waals surface area contributed by atoms with Gasteiger partial charge in [0.05, 0.1) is 13.7 Å². The van der Waals surface area contributed by atoms with E-state index >= 15 is 0 Å². The molecule has 1 atom stereocenters. The lowest BCUT2D eigenvalue weighted by Gasteiger charge is -2.17. The van der Waals surface area contributed by atoms with E-state index < -0.39 is 0 Å². The number of nitrogens with one attached hydrogen (secondary N) is 1. The van der Waals surface area contributed by atoms with Crippen LogP contribution in [0.15, 0.2) is 21.3 Å². The monoisotopic (exact) mass is 309 g/mol. The molecule has 1 unspecified atom stereocenters. The molecule has 2 aromatic heterocycles. The molecule has 0 aliphatic carbocycles. The highest BCUT2D eigenvalue weighted by Crippen LogP contribution is 2.18. The minimum Gasteiger partial charge on any atom is -0.468 e. The van der Waals surface area contributed by atoms with Crippen LogP contribution in [0.1, 0.15) is 26.2 Å². The van der Waals surface area contributed by atoms with Crippen LogP contribution in [0.2, 0.25) is 0 Å². The van der Waals surface area contributed by atoms with Gasteiger partial charge in [-0.15, -0.1) is 0 Å². The van der Waals surface area contributed by atoms with Gasteiger partial charge < -0.3 is 9.26 Å². The fourth-order valence-electron chi connectivity index (χ4n) is 1.92. The van der Waals surface area contributed by atoms with Crippen molar-refractivity contribution in [2.45, 2.75) is 32.9 Å². The Labute approximate surface area is 127 Å². The van der Waals surface area contributed by atoms with E-state index in [1.54, 1.807) is 11.3 Å². The summed E-state index contributed by atoms with van der Waals surface area (Å²) < 4.78 is 9.99. The van der Waals surface area contributed by atoms with Crippen LogP contribution < -0.4 is 5.32 Å². The number of thiophene rings is 1. The Balaban J connectivity index is 1.96. The summed E-state index contributed by atoms with van der Waals surface area (Å²) in [6, 6.07) is 1.56. The number of aromatic nitrogens is 2. The Bertz CT molecular complexity index is 566. The van der Waals surface area contributed by atoms with Crippen molar-refractivity contribution in [2.24, 2.45) is 5.92 Å². The molecule has 0 bridgehead atoms. The third-order valence-corrected chi connectivity index (χ3v) is 3.62. The quantitative estimate of drug-likeness (QED) is 0.792. The molecule has 2 heterocycles.